The molecule has 3 rings (SSSR count). The summed E-state index contributed by atoms with van der Waals surface area (Å²) in [6, 6.07) is 13.8. The second-order valence-corrected chi connectivity index (χ2v) is 6.00. The first-order chi connectivity index (χ1) is 12.7. The van der Waals surface area contributed by atoms with Gasteiger partial charge in [0.2, 0.25) is 5.91 Å². The van der Waals surface area contributed by atoms with Crippen LogP contribution in [0.25, 0.3) is 6.08 Å². The van der Waals surface area contributed by atoms with Gasteiger partial charge in [0, 0.05) is 18.2 Å². The highest BCUT2D eigenvalue weighted by Crippen LogP contribution is 2.23. The Balaban J connectivity index is 1.67. The third kappa shape index (κ3) is 4.49. The van der Waals surface area contributed by atoms with Crippen molar-refractivity contribution in [1.82, 2.24) is 4.90 Å². The third-order valence-electron chi connectivity index (χ3n) is 4.24. The van der Waals surface area contributed by atoms with Crippen LogP contribution in [0.5, 0.6) is 5.75 Å². The zero-order valence-electron chi connectivity index (χ0n) is 14.7. The van der Waals surface area contributed by atoms with Crippen LogP contribution in [-0.2, 0) is 9.53 Å². The molecular formula is C21H22FNO3. The average Bonchev–Trinajstić information content (AvgIpc) is 2.68. The van der Waals surface area contributed by atoms with Crippen LogP contribution in [0.15, 0.2) is 54.6 Å². The van der Waals surface area contributed by atoms with E-state index in [0.29, 0.717) is 26.3 Å². The maximum atomic E-state index is 13.1. The normalized spacial score (nSPS) is 17.5. The predicted molar refractivity (Wildman–Crippen MR) is 98.3 cm³/mol. The molecule has 0 N–H and O–H groups in total. The van der Waals surface area contributed by atoms with Crippen molar-refractivity contribution in [3.05, 3.63) is 71.6 Å². The van der Waals surface area contributed by atoms with Gasteiger partial charge in [-0.05, 0) is 36.8 Å². The molecule has 2 aromatic rings. The number of carbonyl (C=O) groups is 1. The summed E-state index contributed by atoms with van der Waals surface area (Å²) in [5, 5.41) is 0. The Morgan fingerprint density at radius 3 is 2.81 bits per heavy atom. The number of ether oxygens (including phenoxy) is 2. The quantitative estimate of drug-likeness (QED) is 0.765. The fraction of sp³-hybridized carbons (Fsp3) is 0.286. The standard InChI is InChI=1S/C21H22FNO3/c1-2-25-19-6-4-3-5-16(19)9-12-21(24)23-13-14-26-20(15-23)17-7-10-18(22)11-8-17/h3-12,20H,2,13-15H2,1H3/b12-9+. The van der Waals surface area contributed by atoms with Crippen molar-refractivity contribution in [2.24, 2.45) is 0 Å². The number of rotatable bonds is 5. The lowest BCUT2D eigenvalue weighted by Gasteiger charge is -2.32. The summed E-state index contributed by atoms with van der Waals surface area (Å²) >= 11 is 0. The molecule has 0 aromatic heterocycles. The van der Waals surface area contributed by atoms with E-state index in [1.165, 1.54) is 12.1 Å². The smallest absolute Gasteiger partial charge is 0.246 e. The first-order valence-electron chi connectivity index (χ1n) is 8.73. The minimum Gasteiger partial charge on any atom is -0.493 e. The summed E-state index contributed by atoms with van der Waals surface area (Å²) in [4.78, 5) is 14.3. The zero-order valence-corrected chi connectivity index (χ0v) is 14.7. The number of morpholine rings is 1. The molecule has 0 bridgehead atoms. The van der Waals surface area contributed by atoms with E-state index in [4.69, 9.17) is 9.47 Å². The van der Waals surface area contributed by atoms with Gasteiger partial charge >= 0.3 is 0 Å². The first-order valence-corrected chi connectivity index (χ1v) is 8.73. The Morgan fingerprint density at radius 2 is 2.04 bits per heavy atom. The maximum Gasteiger partial charge on any atom is 0.246 e. The number of nitrogens with zero attached hydrogens (tertiary/aromatic N) is 1. The van der Waals surface area contributed by atoms with Crippen LogP contribution in [0.2, 0.25) is 0 Å². The SMILES string of the molecule is CCOc1ccccc1/C=C/C(=O)N1CCOC(c2ccc(F)cc2)C1. The van der Waals surface area contributed by atoms with Gasteiger partial charge in [0.05, 0.1) is 19.8 Å². The highest BCUT2D eigenvalue weighted by molar-refractivity contribution is 5.92. The van der Waals surface area contributed by atoms with Crippen LogP contribution in [0.4, 0.5) is 4.39 Å². The minimum atomic E-state index is -0.284. The van der Waals surface area contributed by atoms with E-state index in [1.807, 2.05) is 31.2 Å². The molecule has 5 heteroatoms. The molecule has 4 nitrogen and oxygen atoms in total. The van der Waals surface area contributed by atoms with Gasteiger partial charge in [0.25, 0.3) is 0 Å². The first kappa shape index (κ1) is 18.1. The summed E-state index contributed by atoms with van der Waals surface area (Å²) in [5.41, 5.74) is 1.74. The maximum absolute atomic E-state index is 13.1. The molecular weight excluding hydrogens is 333 g/mol. The van der Waals surface area contributed by atoms with Crippen LogP contribution in [0, 0.1) is 5.82 Å². The molecule has 1 amide bonds. The van der Waals surface area contributed by atoms with Gasteiger partial charge in [-0.3, -0.25) is 4.79 Å². The van der Waals surface area contributed by atoms with E-state index in [0.717, 1.165) is 16.9 Å². The molecule has 136 valence electrons. The van der Waals surface area contributed by atoms with E-state index in [9.17, 15) is 9.18 Å². The number of carbonyl (C=O) groups excluding carboxylic acids is 1. The van der Waals surface area contributed by atoms with E-state index >= 15 is 0 Å². The lowest BCUT2D eigenvalue weighted by Crippen LogP contribution is -2.41. The Labute approximate surface area is 152 Å². The molecule has 1 aliphatic heterocycles. The molecule has 0 saturated carbocycles. The molecule has 1 saturated heterocycles. The Kier molecular flexibility index (Phi) is 6.02. The van der Waals surface area contributed by atoms with Crippen molar-refractivity contribution in [1.29, 1.82) is 0 Å². The topological polar surface area (TPSA) is 38.8 Å². The average molecular weight is 355 g/mol. The van der Waals surface area contributed by atoms with Gasteiger partial charge in [-0.25, -0.2) is 4.39 Å². The van der Waals surface area contributed by atoms with Crippen molar-refractivity contribution in [2.45, 2.75) is 13.0 Å². The molecule has 0 spiro atoms. The van der Waals surface area contributed by atoms with Crippen molar-refractivity contribution >= 4 is 12.0 Å². The van der Waals surface area contributed by atoms with Crippen LogP contribution >= 0.6 is 0 Å². The summed E-state index contributed by atoms with van der Waals surface area (Å²) in [5.74, 6) is 0.394. The lowest BCUT2D eigenvalue weighted by atomic mass is 10.1. The van der Waals surface area contributed by atoms with Gasteiger partial charge in [0.15, 0.2) is 0 Å². The van der Waals surface area contributed by atoms with Crippen molar-refractivity contribution in [2.75, 3.05) is 26.3 Å². The van der Waals surface area contributed by atoms with Gasteiger partial charge in [0.1, 0.15) is 17.7 Å². The molecule has 2 aromatic carbocycles. The fourth-order valence-corrected chi connectivity index (χ4v) is 2.90. The molecule has 26 heavy (non-hydrogen) atoms. The highest BCUT2D eigenvalue weighted by atomic mass is 19.1. The molecule has 1 heterocycles. The Bertz CT molecular complexity index is 773. The van der Waals surface area contributed by atoms with Crippen LogP contribution < -0.4 is 4.74 Å². The van der Waals surface area contributed by atoms with E-state index in [-0.39, 0.29) is 17.8 Å². The number of halogens is 1. The third-order valence-corrected chi connectivity index (χ3v) is 4.24. The summed E-state index contributed by atoms with van der Waals surface area (Å²) in [6.45, 7) is 3.93. The van der Waals surface area contributed by atoms with Crippen LogP contribution in [-0.4, -0.2) is 37.1 Å². The molecule has 0 aliphatic carbocycles. The van der Waals surface area contributed by atoms with Crippen LogP contribution in [0.1, 0.15) is 24.2 Å². The summed E-state index contributed by atoms with van der Waals surface area (Å²) in [6.07, 6.45) is 3.10. The Hall–Kier alpha value is -2.66. The summed E-state index contributed by atoms with van der Waals surface area (Å²) < 4.78 is 24.4. The number of amides is 1. The van der Waals surface area contributed by atoms with Gasteiger partial charge < -0.3 is 14.4 Å². The number of hydrogen-bond donors (Lipinski definition) is 0. The van der Waals surface area contributed by atoms with Crippen LogP contribution in [0.3, 0.4) is 0 Å². The van der Waals surface area contributed by atoms with Crippen molar-refractivity contribution in [3.8, 4) is 5.75 Å². The molecule has 1 fully saturated rings. The number of benzene rings is 2. The van der Waals surface area contributed by atoms with Crippen molar-refractivity contribution < 1.29 is 18.7 Å². The molecule has 1 aliphatic rings. The largest absolute Gasteiger partial charge is 0.493 e. The second kappa shape index (κ2) is 8.63. The number of hydrogen-bond acceptors (Lipinski definition) is 3. The summed E-state index contributed by atoms with van der Waals surface area (Å²) in [7, 11) is 0. The monoisotopic (exact) mass is 355 g/mol. The zero-order chi connectivity index (χ0) is 18.4. The minimum absolute atomic E-state index is 0.0771. The molecule has 1 atom stereocenters. The molecule has 1 unspecified atom stereocenters. The highest BCUT2D eigenvalue weighted by Gasteiger charge is 2.24. The second-order valence-electron chi connectivity index (χ2n) is 6.00. The predicted octanol–water partition coefficient (Wildman–Crippen LogP) is 3.84. The van der Waals surface area contributed by atoms with E-state index in [2.05, 4.69) is 0 Å². The van der Waals surface area contributed by atoms with Gasteiger partial charge in [-0.2, -0.15) is 0 Å². The Morgan fingerprint density at radius 1 is 1.27 bits per heavy atom. The van der Waals surface area contributed by atoms with Gasteiger partial charge in [-0.15, -0.1) is 0 Å². The molecule has 0 radical (unpaired) electrons. The van der Waals surface area contributed by atoms with Gasteiger partial charge in [-0.1, -0.05) is 30.3 Å². The van der Waals surface area contributed by atoms with Crippen molar-refractivity contribution in [3.63, 3.8) is 0 Å². The number of para-hydroxylation sites is 1. The fourth-order valence-electron chi connectivity index (χ4n) is 2.90. The van der Waals surface area contributed by atoms with E-state index < -0.39 is 0 Å². The van der Waals surface area contributed by atoms with E-state index in [1.54, 1.807) is 29.2 Å². The lowest BCUT2D eigenvalue weighted by molar-refractivity contribution is -0.133.